The van der Waals surface area contributed by atoms with Crippen LogP contribution in [0.3, 0.4) is 0 Å². The van der Waals surface area contributed by atoms with Crippen molar-refractivity contribution in [1.29, 1.82) is 5.26 Å². The molecule has 0 spiro atoms. The zero-order valence-electron chi connectivity index (χ0n) is 6.87. The molecule has 1 heterocycles. The monoisotopic (exact) mass is 258 g/mol. The van der Waals surface area contributed by atoms with Crippen LogP contribution >= 0.6 is 27.5 Å². The van der Waals surface area contributed by atoms with Crippen LogP contribution in [0.25, 0.3) is 0 Å². The van der Waals surface area contributed by atoms with Crippen LogP contribution in [0.4, 0.5) is 0 Å². The fourth-order valence-electron chi connectivity index (χ4n) is 0.970. The third-order valence-corrected chi connectivity index (χ3v) is 2.81. The fraction of sp³-hybridized carbons (Fsp3) is 0.333. The average Bonchev–Trinajstić information content (AvgIpc) is 2.17. The smallest absolute Gasteiger partial charge is 0.0668 e. The Morgan fingerprint density at radius 2 is 2.46 bits per heavy atom. The van der Waals surface area contributed by atoms with Crippen LogP contribution in [0.15, 0.2) is 18.5 Å². The molecule has 0 saturated carbocycles. The number of hydrogen-bond acceptors (Lipinski definition) is 2. The third-order valence-electron chi connectivity index (χ3n) is 1.69. The molecule has 13 heavy (non-hydrogen) atoms. The number of nitrogens with zero attached hydrogens (tertiary/aromatic N) is 2. The summed E-state index contributed by atoms with van der Waals surface area (Å²) in [5.41, 5.74) is 0.975. The van der Waals surface area contributed by atoms with E-state index in [1.165, 1.54) is 0 Å². The maximum absolute atomic E-state index is 8.74. The van der Waals surface area contributed by atoms with E-state index in [4.69, 9.17) is 16.9 Å². The van der Waals surface area contributed by atoms with E-state index in [0.717, 1.165) is 5.56 Å². The fourth-order valence-corrected chi connectivity index (χ4v) is 1.54. The van der Waals surface area contributed by atoms with Crippen LogP contribution in [0, 0.1) is 17.2 Å². The molecule has 0 aliphatic rings. The zero-order chi connectivity index (χ0) is 9.68. The third kappa shape index (κ3) is 2.98. The molecule has 0 aliphatic heterocycles. The van der Waals surface area contributed by atoms with Gasteiger partial charge in [-0.3, -0.25) is 4.98 Å². The van der Waals surface area contributed by atoms with E-state index in [1.54, 1.807) is 12.4 Å². The Balaban J connectivity index is 2.74. The van der Waals surface area contributed by atoms with E-state index < -0.39 is 0 Å². The first-order chi connectivity index (χ1) is 6.27. The van der Waals surface area contributed by atoms with E-state index in [2.05, 4.69) is 27.0 Å². The summed E-state index contributed by atoms with van der Waals surface area (Å²) in [5.74, 6) is -0.0279. The van der Waals surface area contributed by atoms with Gasteiger partial charge in [-0.2, -0.15) is 5.26 Å². The second kappa shape index (κ2) is 5.21. The first-order valence-corrected chi connectivity index (χ1v) is 5.32. The molecule has 0 bridgehead atoms. The van der Waals surface area contributed by atoms with E-state index in [-0.39, 0.29) is 5.92 Å². The maximum atomic E-state index is 8.74. The van der Waals surface area contributed by atoms with E-state index in [1.807, 2.05) is 6.07 Å². The number of alkyl halides is 1. The molecule has 0 N–H and O–H groups in total. The highest BCUT2D eigenvalue weighted by atomic mass is 79.9. The normalized spacial score (nSPS) is 12.1. The topological polar surface area (TPSA) is 36.7 Å². The lowest BCUT2D eigenvalue weighted by Crippen LogP contribution is -2.03. The Labute approximate surface area is 90.7 Å². The quantitative estimate of drug-likeness (QED) is 0.783. The minimum atomic E-state index is -0.0279. The average molecular weight is 260 g/mol. The molecule has 0 amide bonds. The zero-order valence-corrected chi connectivity index (χ0v) is 9.22. The number of halogens is 2. The van der Waals surface area contributed by atoms with Crippen LogP contribution < -0.4 is 0 Å². The summed E-state index contributed by atoms with van der Waals surface area (Å²) in [6.45, 7) is 0. The Morgan fingerprint density at radius 3 is 3.00 bits per heavy atom. The second-order valence-electron chi connectivity index (χ2n) is 2.65. The first kappa shape index (κ1) is 10.5. The molecule has 4 heteroatoms. The Morgan fingerprint density at radius 1 is 1.69 bits per heavy atom. The van der Waals surface area contributed by atoms with Gasteiger partial charge in [-0.15, -0.1) is 0 Å². The summed E-state index contributed by atoms with van der Waals surface area (Å²) >= 11 is 9.17. The highest BCUT2D eigenvalue weighted by Gasteiger charge is 2.08. The molecule has 1 atom stereocenters. The highest BCUT2D eigenvalue weighted by Crippen LogP contribution is 2.18. The molecule has 1 unspecified atom stereocenters. The second-order valence-corrected chi connectivity index (χ2v) is 3.71. The SMILES string of the molecule is N#CC(CBr)Cc1ccncc1Cl. The summed E-state index contributed by atoms with van der Waals surface area (Å²) < 4.78 is 0. The summed E-state index contributed by atoms with van der Waals surface area (Å²) in [6, 6.07) is 4.04. The molecule has 2 nitrogen and oxygen atoms in total. The molecule has 0 aliphatic carbocycles. The molecule has 0 saturated heterocycles. The van der Waals surface area contributed by atoms with Crippen LogP contribution in [-0.4, -0.2) is 10.3 Å². The molecule has 68 valence electrons. The number of hydrogen-bond donors (Lipinski definition) is 0. The van der Waals surface area contributed by atoms with Gasteiger partial charge in [-0.25, -0.2) is 0 Å². The van der Waals surface area contributed by atoms with Gasteiger partial charge in [0.2, 0.25) is 0 Å². The van der Waals surface area contributed by atoms with E-state index >= 15 is 0 Å². The number of pyridine rings is 1. The lowest BCUT2D eigenvalue weighted by molar-refractivity contribution is 0.755. The standard InChI is InChI=1S/C9H8BrClN2/c10-4-7(5-12)3-8-1-2-13-6-9(8)11/h1-2,6-7H,3-4H2. The van der Waals surface area contributed by atoms with Crippen LogP contribution in [0.1, 0.15) is 5.56 Å². The highest BCUT2D eigenvalue weighted by molar-refractivity contribution is 9.09. The van der Waals surface area contributed by atoms with Crippen molar-refractivity contribution in [2.45, 2.75) is 6.42 Å². The van der Waals surface area contributed by atoms with Crippen LogP contribution in [0.2, 0.25) is 5.02 Å². The Bertz CT molecular complexity index is 322. The summed E-state index contributed by atoms with van der Waals surface area (Å²) in [5, 5.41) is 10.0. The van der Waals surface area contributed by atoms with Crippen molar-refractivity contribution in [3.8, 4) is 6.07 Å². The van der Waals surface area contributed by atoms with Gasteiger partial charge in [0.05, 0.1) is 17.0 Å². The minimum Gasteiger partial charge on any atom is -0.263 e. The number of aromatic nitrogens is 1. The molecule has 0 fully saturated rings. The van der Waals surface area contributed by atoms with Crippen molar-refractivity contribution in [2.24, 2.45) is 5.92 Å². The van der Waals surface area contributed by atoms with Crippen molar-refractivity contribution in [3.63, 3.8) is 0 Å². The van der Waals surface area contributed by atoms with Gasteiger partial charge in [0.15, 0.2) is 0 Å². The van der Waals surface area contributed by atoms with Crippen molar-refractivity contribution < 1.29 is 0 Å². The molecule has 1 aromatic heterocycles. The lowest BCUT2D eigenvalue weighted by Gasteiger charge is -2.05. The van der Waals surface area contributed by atoms with Gasteiger partial charge in [0.25, 0.3) is 0 Å². The molecule has 0 aromatic carbocycles. The number of rotatable bonds is 3. The van der Waals surface area contributed by atoms with Crippen LogP contribution in [0.5, 0.6) is 0 Å². The summed E-state index contributed by atoms with van der Waals surface area (Å²) in [4.78, 5) is 3.88. The van der Waals surface area contributed by atoms with Gasteiger partial charge in [0, 0.05) is 17.7 Å². The minimum absolute atomic E-state index is 0.0279. The van der Waals surface area contributed by atoms with E-state index in [9.17, 15) is 0 Å². The summed E-state index contributed by atoms with van der Waals surface area (Å²) in [7, 11) is 0. The maximum Gasteiger partial charge on any atom is 0.0668 e. The van der Waals surface area contributed by atoms with Crippen molar-refractivity contribution in [1.82, 2.24) is 4.98 Å². The van der Waals surface area contributed by atoms with Gasteiger partial charge < -0.3 is 0 Å². The predicted molar refractivity (Wildman–Crippen MR) is 55.8 cm³/mol. The van der Waals surface area contributed by atoms with Gasteiger partial charge in [0.1, 0.15) is 0 Å². The molecular weight excluding hydrogens is 251 g/mol. The molecular formula is C9H8BrClN2. The summed E-state index contributed by atoms with van der Waals surface area (Å²) in [6.07, 6.45) is 3.95. The van der Waals surface area contributed by atoms with Crippen LogP contribution in [-0.2, 0) is 6.42 Å². The number of nitriles is 1. The van der Waals surface area contributed by atoms with Crippen molar-refractivity contribution in [3.05, 3.63) is 29.0 Å². The van der Waals surface area contributed by atoms with Crippen molar-refractivity contribution >= 4 is 27.5 Å². The van der Waals surface area contributed by atoms with Gasteiger partial charge >= 0.3 is 0 Å². The van der Waals surface area contributed by atoms with Gasteiger partial charge in [-0.1, -0.05) is 27.5 Å². The first-order valence-electron chi connectivity index (χ1n) is 3.82. The molecule has 1 rings (SSSR count). The molecule has 1 aromatic rings. The lowest BCUT2D eigenvalue weighted by atomic mass is 10.0. The predicted octanol–water partition coefficient (Wildman–Crippen LogP) is 2.81. The van der Waals surface area contributed by atoms with Gasteiger partial charge in [-0.05, 0) is 18.1 Å². The largest absolute Gasteiger partial charge is 0.263 e. The molecule has 0 radical (unpaired) electrons. The van der Waals surface area contributed by atoms with Crippen molar-refractivity contribution in [2.75, 3.05) is 5.33 Å². The Kier molecular flexibility index (Phi) is 4.20. The van der Waals surface area contributed by atoms with E-state index in [0.29, 0.717) is 16.8 Å². The Hall–Kier alpha value is -0.590.